The van der Waals surface area contributed by atoms with Crippen LogP contribution in [0.4, 0.5) is 0 Å². The third-order valence-electron chi connectivity index (χ3n) is 5.65. The van der Waals surface area contributed by atoms with Gasteiger partial charge in [-0.3, -0.25) is 4.90 Å². The van der Waals surface area contributed by atoms with Crippen LogP contribution in [0.25, 0.3) is 0 Å². The summed E-state index contributed by atoms with van der Waals surface area (Å²) in [6, 6.07) is 12.4. The van der Waals surface area contributed by atoms with Gasteiger partial charge in [-0.05, 0) is 56.2 Å². The van der Waals surface area contributed by atoms with Gasteiger partial charge in [0, 0.05) is 18.6 Å². The minimum absolute atomic E-state index is 0.747. The molecule has 1 aromatic carbocycles. The molecule has 2 heteroatoms. The highest BCUT2D eigenvalue weighted by atomic mass is 15.1. The average molecular weight is 282 g/mol. The Labute approximate surface area is 128 Å². The van der Waals surface area contributed by atoms with Crippen LogP contribution in [-0.4, -0.2) is 30.1 Å². The molecule has 1 N–H and O–H groups in total. The summed E-state index contributed by atoms with van der Waals surface area (Å²) in [6.45, 7) is 3.59. The van der Waals surface area contributed by atoms with Gasteiger partial charge in [-0.15, -0.1) is 0 Å². The summed E-state index contributed by atoms with van der Waals surface area (Å²) < 4.78 is 0. The lowest BCUT2D eigenvalue weighted by atomic mass is 9.71. The van der Waals surface area contributed by atoms with Crippen molar-refractivity contribution in [2.24, 2.45) is 11.8 Å². The van der Waals surface area contributed by atoms with Gasteiger partial charge in [0.15, 0.2) is 0 Å². The molecule has 3 atom stereocenters. The zero-order chi connectivity index (χ0) is 14.1. The second-order valence-electron chi connectivity index (χ2n) is 7.05. The molecule has 0 bridgehead atoms. The van der Waals surface area contributed by atoms with E-state index in [-0.39, 0.29) is 0 Å². The molecule has 2 nitrogen and oxygen atoms in total. The van der Waals surface area contributed by atoms with Gasteiger partial charge in [0.2, 0.25) is 0 Å². The van der Waals surface area contributed by atoms with Crippen molar-refractivity contribution in [3.8, 4) is 0 Å². The minimum atomic E-state index is 0.747. The lowest BCUT2D eigenvalue weighted by molar-refractivity contribution is 0.120. The summed E-state index contributed by atoms with van der Waals surface area (Å²) in [7, 11) is 0. The predicted molar refractivity (Wildman–Crippen MR) is 87.0 cm³/mol. The fourth-order valence-electron chi connectivity index (χ4n) is 4.31. The van der Waals surface area contributed by atoms with E-state index >= 15 is 0 Å². The first-order chi connectivity index (χ1) is 10.4. The number of fused-ring (bicyclic) bond motifs is 1. The van der Waals surface area contributed by atoms with Gasteiger partial charge < -0.3 is 5.32 Å². The maximum Gasteiger partial charge on any atom is 0.0233 e. The molecule has 0 unspecified atom stereocenters. The maximum absolute atomic E-state index is 3.93. The fraction of sp³-hybridized carbons (Fsp3) is 0.579. The Balaban J connectivity index is 1.23. The summed E-state index contributed by atoms with van der Waals surface area (Å²) in [5.41, 5.74) is 1.45. The second-order valence-corrected chi connectivity index (χ2v) is 7.05. The van der Waals surface area contributed by atoms with Gasteiger partial charge in [-0.25, -0.2) is 0 Å². The first kappa shape index (κ1) is 13.5. The molecule has 1 saturated carbocycles. The van der Waals surface area contributed by atoms with Crippen LogP contribution in [0.2, 0.25) is 0 Å². The van der Waals surface area contributed by atoms with E-state index < -0.39 is 0 Å². The third-order valence-corrected chi connectivity index (χ3v) is 5.65. The molecule has 2 aliphatic carbocycles. The van der Waals surface area contributed by atoms with Crippen molar-refractivity contribution < 1.29 is 0 Å². The minimum Gasteiger partial charge on any atom is -0.311 e. The molecule has 1 aliphatic heterocycles. The van der Waals surface area contributed by atoms with Crippen molar-refractivity contribution in [1.82, 2.24) is 10.2 Å². The SMILES string of the molecule is C1=C[C@@H]2[C@@H](C1)C[C@H]2NC1CCN(Cc2ccccc2)CC1. The molecule has 1 aromatic rings. The van der Waals surface area contributed by atoms with Gasteiger partial charge in [-0.1, -0.05) is 42.5 Å². The number of piperidine rings is 1. The summed E-state index contributed by atoms with van der Waals surface area (Å²) in [5.74, 6) is 1.83. The lowest BCUT2D eigenvalue weighted by Crippen LogP contribution is -2.54. The van der Waals surface area contributed by atoms with E-state index in [2.05, 4.69) is 52.7 Å². The van der Waals surface area contributed by atoms with E-state index in [1.54, 1.807) is 0 Å². The molecule has 2 fully saturated rings. The number of hydrogen-bond donors (Lipinski definition) is 1. The second kappa shape index (κ2) is 5.94. The van der Waals surface area contributed by atoms with Crippen LogP contribution in [0, 0.1) is 11.8 Å². The van der Waals surface area contributed by atoms with Gasteiger partial charge in [0.05, 0.1) is 0 Å². The lowest BCUT2D eigenvalue weighted by Gasteiger charge is -2.44. The molecule has 1 saturated heterocycles. The summed E-state index contributed by atoms with van der Waals surface area (Å²) >= 11 is 0. The van der Waals surface area contributed by atoms with Gasteiger partial charge >= 0.3 is 0 Å². The van der Waals surface area contributed by atoms with Crippen molar-refractivity contribution >= 4 is 0 Å². The molecule has 0 spiro atoms. The van der Waals surface area contributed by atoms with Crippen LogP contribution in [0.3, 0.4) is 0 Å². The molecule has 0 aromatic heterocycles. The molecular weight excluding hydrogens is 256 g/mol. The quantitative estimate of drug-likeness (QED) is 0.853. The Morgan fingerprint density at radius 2 is 1.90 bits per heavy atom. The van der Waals surface area contributed by atoms with Crippen LogP contribution in [0.15, 0.2) is 42.5 Å². The number of likely N-dealkylation sites (tertiary alicyclic amines) is 1. The highest BCUT2D eigenvalue weighted by Crippen LogP contribution is 2.43. The Morgan fingerprint density at radius 3 is 2.67 bits per heavy atom. The molecule has 0 amide bonds. The molecule has 21 heavy (non-hydrogen) atoms. The van der Waals surface area contributed by atoms with Crippen molar-refractivity contribution in [2.75, 3.05) is 13.1 Å². The molecule has 112 valence electrons. The Kier molecular flexibility index (Phi) is 3.83. The summed E-state index contributed by atoms with van der Waals surface area (Å²) in [5, 5.41) is 3.93. The predicted octanol–water partition coefficient (Wildman–Crippen LogP) is 3.21. The monoisotopic (exact) mass is 282 g/mol. The molecule has 1 heterocycles. The van der Waals surface area contributed by atoms with Crippen LogP contribution >= 0.6 is 0 Å². The van der Waals surface area contributed by atoms with Crippen molar-refractivity contribution in [3.63, 3.8) is 0 Å². The van der Waals surface area contributed by atoms with Crippen LogP contribution in [-0.2, 0) is 6.54 Å². The van der Waals surface area contributed by atoms with E-state index in [4.69, 9.17) is 0 Å². The van der Waals surface area contributed by atoms with Gasteiger partial charge in [0.1, 0.15) is 0 Å². The van der Waals surface area contributed by atoms with E-state index in [0.717, 1.165) is 30.5 Å². The number of benzene rings is 1. The van der Waals surface area contributed by atoms with Crippen molar-refractivity contribution in [1.29, 1.82) is 0 Å². The summed E-state index contributed by atoms with van der Waals surface area (Å²) in [4.78, 5) is 2.60. The number of nitrogens with one attached hydrogen (secondary N) is 1. The van der Waals surface area contributed by atoms with E-state index in [1.165, 1.54) is 44.3 Å². The van der Waals surface area contributed by atoms with E-state index in [0.29, 0.717) is 0 Å². The first-order valence-electron chi connectivity index (χ1n) is 8.57. The standard InChI is InChI=1S/C19H26N2/c1-2-5-15(6-3-1)14-21-11-9-17(10-12-21)20-19-13-16-7-4-8-18(16)19/h1-6,8,16-20H,7,9-14H2/t16-,18+,19+/m0/s1. The van der Waals surface area contributed by atoms with Crippen LogP contribution < -0.4 is 5.32 Å². The number of hydrogen-bond acceptors (Lipinski definition) is 2. The highest BCUT2D eigenvalue weighted by Gasteiger charge is 2.41. The first-order valence-corrected chi connectivity index (χ1v) is 8.57. The molecular formula is C19H26N2. The number of allylic oxidation sites excluding steroid dienone is 1. The zero-order valence-corrected chi connectivity index (χ0v) is 12.7. The highest BCUT2D eigenvalue weighted by molar-refractivity contribution is 5.15. The van der Waals surface area contributed by atoms with E-state index in [1.807, 2.05) is 0 Å². The topological polar surface area (TPSA) is 15.3 Å². The normalized spacial score (nSPS) is 32.9. The average Bonchev–Trinajstić information content (AvgIpc) is 2.89. The zero-order valence-electron chi connectivity index (χ0n) is 12.7. The molecule has 4 rings (SSSR count). The Morgan fingerprint density at radius 1 is 1.10 bits per heavy atom. The Bertz CT molecular complexity index is 488. The van der Waals surface area contributed by atoms with Crippen molar-refractivity contribution in [3.05, 3.63) is 48.0 Å². The van der Waals surface area contributed by atoms with Gasteiger partial charge in [0.25, 0.3) is 0 Å². The van der Waals surface area contributed by atoms with Gasteiger partial charge in [-0.2, -0.15) is 0 Å². The van der Waals surface area contributed by atoms with E-state index in [9.17, 15) is 0 Å². The Hall–Kier alpha value is -1.12. The summed E-state index contributed by atoms with van der Waals surface area (Å²) in [6.07, 6.45) is 10.2. The maximum atomic E-state index is 3.93. The largest absolute Gasteiger partial charge is 0.311 e. The number of nitrogens with zero attached hydrogens (tertiary/aromatic N) is 1. The number of rotatable bonds is 4. The van der Waals surface area contributed by atoms with Crippen molar-refractivity contribution in [2.45, 2.75) is 44.3 Å². The molecule has 0 radical (unpaired) electrons. The van der Waals surface area contributed by atoms with Crippen LogP contribution in [0.5, 0.6) is 0 Å². The fourth-order valence-corrected chi connectivity index (χ4v) is 4.31. The third kappa shape index (κ3) is 2.93. The van der Waals surface area contributed by atoms with Crippen LogP contribution in [0.1, 0.15) is 31.2 Å². The smallest absolute Gasteiger partial charge is 0.0233 e. The molecule has 3 aliphatic rings.